The first-order chi connectivity index (χ1) is 16.4. The summed E-state index contributed by atoms with van der Waals surface area (Å²) in [6.07, 6.45) is 4.57. The van der Waals surface area contributed by atoms with Crippen LogP contribution in [0.3, 0.4) is 0 Å². The van der Waals surface area contributed by atoms with Gasteiger partial charge in [0.25, 0.3) is 5.91 Å². The van der Waals surface area contributed by atoms with E-state index in [1.165, 1.54) is 5.56 Å². The Morgan fingerprint density at radius 1 is 1.26 bits per heavy atom. The quantitative estimate of drug-likeness (QED) is 0.556. The largest absolute Gasteiger partial charge is 0.497 e. The van der Waals surface area contributed by atoms with Crippen molar-refractivity contribution < 1.29 is 14.3 Å². The van der Waals surface area contributed by atoms with Crippen LogP contribution in [-0.2, 0) is 11.3 Å². The molecule has 1 aromatic carbocycles. The van der Waals surface area contributed by atoms with E-state index in [1.54, 1.807) is 36.5 Å². The van der Waals surface area contributed by atoms with Gasteiger partial charge in [-0.2, -0.15) is 0 Å². The number of nitrogens with one attached hydrogen (secondary N) is 1. The number of rotatable bonds is 10. The summed E-state index contributed by atoms with van der Waals surface area (Å²) in [5, 5.41) is 2.90. The molecular weight excluding hydrogens is 430 g/mol. The van der Waals surface area contributed by atoms with Gasteiger partial charge in [-0.3, -0.25) is 19.5 Å². The number of ether oxygens (including phenoxy) is 1. The molecule has 1 fully saturated rings. The summed E-state index contributed by atoms with van der Waals surface area (Å²) in [7, 11) is 1.66. The number of likely N-dealkylation sites (tertiary alicyclic amines) is 1. The predicted molar refractivity (Wildman–Crippen MR) is 132 cm³/mol. The van der Waals surface area contributed by atoms with Gasteiger partial charge in [0.05, 0.1) is 12.7 Å². The number of aromatic nitrogens is 1. The van der Waals surface area contributed by atoms with Gasteiger partial charge in [-0.25, -0.2) is 0 Å². The van der Waals surface area contributed by atoms with Gasteiger partial charge in [-0.1, -0.05) is 26.0 Å². The third-order valence-corrected chi connectivity index (χ3v) is 6.15. The molecule has 3 rings (SSSR count). The lowest BCUT2D eigenvalue weighted by molar-refractivity contribution is -0.127. The van der Waals surface area contributed by atoms with Gasteiger partial charge in [0.1, 0.15) is 11.8 Å². The fourth-order valence-corrected chi connectivity index (χ4v) is 4.52. The maximum absolute atomic E-state index is 13.2. The first kappa shape index (κ1) is 25.6. The topological polar surface area (TPSA) is 101 Å². The Kier molecular flexibility index (Phi) is 9.42. The molecule has 0 bridgehead atoms. The fraction of sp³-hybridized carbons (Fsp3) is 0.500. The van der Waals surface area contributed by atoms with Crippen LogP contribution in [0.1, 0.15) is 42.6 Å². The second-order valence-electron chi connectivity index (χ2n) is 9.19. The van der Waals surface area contributed by atoms with Crippen LogP contribution in [-0.4, -0.2) is 72.0 Å². The summed E-state index contributed by atoms with van der Waals surface area (Å²) in [4.78, 5) is 34.6. The number of carbonyl (C=O) groups excluding carboxylic acids is 2. The summed E-state index contributed by atoms with van der Waals surface area (Å²) >= 11 is 0. The molecule has 1 aromatic heterocycles. The Labute approximate surface area is 202 Å². The van der Waals surface area contributed by atoms with Gasteiger partial charge in [-0.15, -0.1) is 0 Å². The summed E-state index contributed by atoms with van der Waals surface area (Å²) < 4.78 is 5.29. The van der Waals surface area contributed by atoms with E-state index in [0.29, 0.717) is 37.5 Å². The number of hydrogen-bond acceptors (Lipinski definition) is 6. The van der Waals surface area contributed by atoms with Crippen molar-refractivity contribution >= 4 is 11.8 Å². The molecular formula is C26H37N5O3. The lowest BCUT2D eigenvalue weighted by Gasteiger charge is -2.43. The number of nitrogens with zero attached hydrogens (tertiary/aromatic N) is 3. The molecule has 0 aliphatic carbocycles. The monoisotopic (exact) mass is 467 g/mol. The highest BCUT2D eigenvalue weighted by Gasteiger charge is 2.38. The van der Waals surface area contributed by atoms with Crippen molar-refractivity contribution in [2.45, 2.75) is 45.3 Å². The van der Waals surface area contributed by atoms with Crippen molar-refractivity contribution in [3.05, 3.63) is 59.9 Å². The standard InChI is InChI=1S/C26H37N5O3/c1-19(2)17-30(18-20-6-8-23(34-3)9-7-20)22-10-14-31(24(15-22)25(32)29-13-11-27)26(33)21-5-4-12-28-16-21/h4-9,12,16,19,22,24H,10-11,13-15,17-18,27H2,1-3H3,(H,29,32)/t22?,24-/m1/s1. The summed E-state index contributed by atoms with van der Waals surface area (Å²) in [5.41, 5.74) is 7.30. The van der Waals surface area contributed by atoms with Crippen LogP contribution < -0.4 is 15.8 Å². The molecule has 2 heterocycles. The molecule has 34 heavy (non-hydrogen) atoms. The highest BCUT2D eigenvalue weighted by atomic mass is 16.5. The summed E-state index contributed by atoms with van der Waals surface area (Å²) in [6.45, 7) is 7.34. The van der Waals surface area contributed by atoms with E-state index in [1.807, 2.05) is 12.1 Å². The van der Waals surface area contributed by atoms with E-state index >= 15 is 0 Å². The SMILES string of the molecule is COc1ccc(CN(CC(C)C)C2CCN(C(=O)c3cccnc3)[C@@H](C(=O)NCCN)C2)cc1. The van der Waals surface area contributed by atoms with Crippen LogP contribution in [0.5, 0.6) is 5.75 Å². The van der Waals surface area contributed by atoms with Gasteiger partial charge in [0, 0.05) is 51.2 Å². The minimum absolute atomic E-state index is 0.152. The van der Waals surface area contributed by atoms with Crippen molar-refractivity contribution in [1.82, 2.24) is 20.1 Å². The maximum Gasteiger partial charge on any atom is 0.256 e. The molecule has 3 N–H and O–H groups in total. The Bertz CT molecular complexity index is 920. The van der Waals surface area contributed by atoms with E-state index < -0.39 is 6.04 Å². The Hall–Kier alpha value is -2.97. The van der Waals surface area contributed by atoms with Crippen LogP contribution in [0.15, 0.2) is 48.8 Å². The molecule has 1 unspecified atom stereocenters. The second-order valence-corrected chi connectivity index (χ2v) is 9.19. The van der Waals surface area contributed by atoms with Gasteiger partial charge < -0.3 is 20.7 Å². The molecule has 1 saturated heterocycles. The van der Waals surface area contributed by atoms with Crippen LogP contribution in [0.2, 0.25) is 0 Å². The zero-order valence-electron chi connectivity index (χ0n) is 20.4. The normalized spacial score (nSPS) is 18.2. The molecule has 2 aromatic rings. The van der Waals surface area contributed by atoms with Crippen molar-refractivity contribution in [2.75, 3.05) is 33.3 Å². The zero-order valence-corrected chi connectivity index (χ0v) is 20.4. The number of benzene rings is 1. The molecule has 1 aliphatic rings. The first-order valence-electron chi connectivity index (χ1n) is 12.0. The molecule has 2 amide bonds. The molecule has 184 valence electrons. The minimum atomic E-state index is -0.552. The number of carbonyl (C=O) groups is 2. The Balaban J connectivity index is 1.81. The van der Waals surface area contributed by atoms with Crippen LogP contribution in [0, 0.1) is 5.92 Å². The van der Waals surface area contributed by atoms with E-state index in [9.17, 15) is 9.59 Å². The predicted octanol–water partition coefficient (Wildman–Crippen LogP) is 2.30. The molecule has 8 nitrogen and oxygen atoms in total. The van der Waals surface area contributed by atoms with Crippen LogP contribution in [0.25, 0.3) is 0 Å². The Morgan fingerprint density at radius 2 is 2.03 bits per heavy atom. The molecule has 0 saturated carbocycles. The van der Waals surface area contributed by atoms with Crippen molar-refractivity contribution in [2.24, 2.45) is 11.7 Å². The van der Waals surface area contributed by atoms with E-state index in [2.05, 4.69) is 41.2 Å². The van der Waals surface area contributed by atoms with E-state index in [-0.39, 0.29) is 17.9 Å². The third-order valence-electron chi connectivity index (χ3n) is 6.15. The zero-order chi connectivity index (χ0) is 24.5. The van der Waals surface area contributed by atoms with Crippen molar-refractivity contribution in [3.8, 4) is 5.75 Å². The number of nitrogens with two attached hydrogens (primary N) is 1. The van der Waals surface area contributed by atoms with E-state index in [4.69, 9.17) is 10.5 Å². The van der Waals surface area contributed by atoms with Gasteiger partial charge in [-0.05, 0) is 48.6 Å². The molecule has 0 spiro atoms. The first-order valence-corrected chi connectivity index (χ1v) is 12.0. The van der Waals surface area contributed by atoms with Crippen LogP contribution in [0.4, 0.5) is 0 Å². The number of piperidine rings is 1. The molecule has 1 aliphatic heterocycles. The summed E-state index contributed by atoms with van der Waals surface area (Å²) in [5.74, 6) is 0.988. The molecule has 2 atom stereocenters. The minimum Gasteiger partial charge on any atom is -0.497 e. The number of methoxy groups -OCH3 is 1. The number of amides is 2. The maximum atomic E-state index is 13.2. The number of pyridine rings is 1. The average molecular weight is 468 g/mol. The molecule has 8 heteroatoms. The summed E-state index contributed by atoms with van der Waals surface area (Å²) in [6, 6.07) is 11.2. The fourth-order valence-electron chi connectivity index (χ4n) is 4.52. The van der Waals surface area contributed by atoms with Gasteiger partial charge in [0.2, 0.25) is 5.91 Å². The highest BCUT2D eigenvalue weighted by molar-refractivity contribution is 5.97. The lowest BCUT2D eigenvalue weighted by atomic mass is 9.93. The van der Waals surface area contributed by atoms with Crippen molar-refractivity contribution in [1.29, 1.82) is 0 Å². The smallest absolute Gasteiger partial charge is 0.256 e. The second kappa shape index (κ2) is 12.5. The molecule has 0 radical (unpaired) electrons. The average Bonchev–Trinajstić information content (AvgIpc) is 2.86. The van der Waals surface area contributed by atoms with E-state index in [0.717, 1.165) is 25.3 Å². The van der Waals surface area contributed by atoms with Crippen LogP contribution >= 0.6 is 0 Å². The van der Waals surface area contributed by atoms with Crippen molar-refractivity contribution in [3.63, 3.8) is 0 Å². The Morgan fingerprint density at radius 3 is 2.65 bits per heavy atom. The lowest BCUT2D eigenvalue weighted by Crippen LogP contribution is -2.57. The third kappa shape index (κ3) is 6.77. The highest BCUT2D eigenvalue weighted by Crippen LogP contribution is 2.26. The van der Waals surface area contributed by atoms with Gasteiger partial charge in [0.15, 0.2) is 0 Å². The number of hydrogen-bond donors (Lipinski definition) is 2. The van der Waals surface area contributed by atoms with Gasteiger partial charge >= 0.3 is 0 Å².